The van der Waals surface area contributed by atoms with Gasteiger partial charge in [0.05, 0.1) is 18.8 Å². The highest BCUT2D eigenvalue weighted by Crippen LogP contribution is 2.22. The molecule has 1 aliphatic heterocycles. The summed E-state index contributed by atoms with van der Waals surface area (Å²) >= 11 is 0. The van der Waals surface area contributed by atoms with Gasteiger partial charge in [-0.05, 0) is 44.7 Å². The minimum atomic E-state index is 0.103. The van der Waals surface area contributed by atoms with Crippen LogP contribution < -0.4 is 5.32 Å². The van der Waals surface area contributed by atoms with Gasteiger partial charge in [0.2, 0.25) is 0 Å². The SMILES string of the molecule is CC1CC(NC(C)c2cccc(CO)c2)CC(C)O1. The molecule has 19 heavy (non-hydrogen) atoms. The lowest BCUT2D eigenvalue weighted by molar-refractivity contribution is -0.0433. The summed E-state index contributed by atoms with van der Waals surface area (Å²) in [6.45, 7) is 6.57. The highest BCUT2D eigenvalue weighted by Gasteiger charge is 2.25. The summed E-state index contributed by atoms with van der Waals surface area (Å²) in [5.41, 5.74) is 2.21. The maximum atomic E-state index is 9.20. The molecule has 1 heterocycles. The van der Waals surface area contributed by atoms with Crippen LogP contribution in [0.15, 0.2) is 24.3 Å². The third-order valence-corrected chi connectivity index (χ3v) is 3.82. The molecular weight excluding hydrogens is 238 g/mol. The van der Waals surface area contributed by atoms with Crippen LogP contribution in [0.1, 0.15) is 50.8 Å². The van der Waals surface area contributed by atoms with E-state index in [2.05, 4.69) is 38.2 Å². The van der Waals surface area contributed by atoms with E-state index in [9.17, 15) is 5.11 Å². The number of rotatable bonds is 4. The molecule has 106 valence electrons. The maximum absolute atomic E-state index is 9.20. The third-order valence-electron chi connectivity index (χ3n) is 3.82. The van der Waals surface area contributed by atoms with Gasteiger partial charge in [0.25, 0.3) is 0 Å². The predicted octanol–water partition coefficient (Wildman–Crippen LogP) is 2.79. The molecule has 1 aliphatic rings. The summed E-state index contributed by atoms with van der Waals surface area (Å²) in [7, 11) is 0. The van der Waals surface area contributed by atoms with Crippen molar-refractivity contribution in [3.63, 3.8) is 0 Å². The number of nitrogens with one attached hydrogen (secondary N) is 1. The van der Waals surface area contributed by atoms with Crippen molar-refractivity contribution >= 4 is 0 Å². The lowest BCUT2D eigenvalue weighted by Gasteiger charge is -2.34. The van der Waals surface area contributed by atoms with Crippen molar-refractivity contribution in [3.05, 3.63) is 35.4 Å². The van der Waals surface area contributed by atoms with E-state index in [-0.39, 0.29) is 6.61 Å². The van der Waals surface area contributed by atoms with Crippen molar-refractivity contribution in [3.8, 4) is 0 Å². The minimum Gasteiger partial charge on any atom is -0.392 e. The fraction of sp³-hybridized carbons (Fsp3) is 0.625. The van der Waals surface area contributed by atoms with Crippen molar-refractivity contribution in [2.24, 2.45) is 0 Å². The molecule has 1 aromatic rings. The first-order valence-electron chi connectivity index (χ1n) is 7.19. The molecule has 0 saturated carbocycles. The number of aliphatic hydroxyl groups is 1. The summed E-state index contributed by atoms with van der Waals surface area (Å²) in [5.74, 6) is 0. The van der Waals surface area contributed by atoms with Crippen molar-refractivity contribution in [2.45, 2.75) is 64.5 Å². The highest BCUT2D eigenvalue weighted by atomic mass is 16.5. The largest absolute Gasteiger partial charge is 0.392 e. The first-order valence-corrected chi connectivity index (χ1v) is 7.19. The summed E-state index contributed by atoms with van der Waals surface area (Å²) in [5, 5.41) is 12.9. The van der Waals surface area contributed by atoms with Crippen LogP contribution >= 0.6 is 0 Å². The molecule has 0 spiro atoms. The van der Waals surface area contributed by atoms with Crippen molar-refractivity contribution < 1.29 is 9.84 Å². The molecule has 0 radical (unpaired) electrons. The molecule has 0 aromatic heterocycles. The van der Waals surface area contributed by atoms with Gasteiger partial charge in [-0.3, -0.25) is 0 Å². The molecule has 1 fully saturated rings. The van der Waals surface area contributed by atoms with Crippen molar-refractivity contribution in [1.82, 2.24) is 5.32 Å². The molecule has 1 aromatic carbocycles. The summed E-state index contributed by atoms with van der Waals surface area (Å²) in [4.78, 5) is 0. The van der Waals surface area contributed by atoms with Crippen LogP contribution in [0.2, 0.25) is 0 Å². The maximum Gasteiger partial charge on any atom is 0.0681 e. The van der Waals surface area contributed by atoms with Crippen LogP contribution in [0.25, 0.3) is 0 Å². The fourth-order valence-electron chi connectivity index (χ4n) is 2.95. The second-order valence-electron chi connectivity index (χ2n) is 5.72. The van der Waals surface area contributed by atoms with Crippen LogP contribution in [-0.4, -0.2) is 23.4 Å². The van der Waals surface area contributed by atoms with Gasteiger partial charge in [-0.25, -0.2) is 0 Å². The molecule has 1 saturated heterocycles. The standard InChI is InChI=1S/C16H25NO2/c1-11-7-16(8-12(2)19-11)17-13(3)15-6-4-5-14(9-15)10-18/h4-6,9,11-13,16-18H,7-8,10H2,1-3H3. The number of aliphatic hydroxyl groups excluding tert-OH is 1. The van der Waals surface area contributed by atoms with Crippen LogP contribution in [0.5, 0.6) is 0 Å². The van der Waals surface area contributed by atoms with Crippen LogP contribution in [-0.2, 0) is 11.3 Å². The molecule has 3 atom stereocenters. The Morgan fingerprint density at radius 3 is 2.63 bits per heavy atom. The van der Waals surface area contributed by atoms with Crippen molar-refractivity contribution in [1.29, 1.82) is 0 Å². The van der Waals surface area contributed by atoms with E-state index in [4.69, 9.17) is 4.74 Å². The van der Waals surface area contributed by atoms with Gasteiger partial charge in [0.15, 0.2) is 0 Å². The number of benzene rings is 1. The van der Waals surface area contributed by atoms with Gasteiger partial charge in [-0.15, -0.1) is 0 Å². The van der Waals surface area contributed by atoms with E-state index in [1.807, 2.05) is 12.1 Å². The topological polar surface area (TPSA) is 41.5 Å². The van der Waals surface area contributed by atoms with E-state index in [1.165, 1.54) is 5.56 Å². The fourth-order valence-corrected chi connectivity index (χ4v) is 2.95. The predicted molar refractivity (Wildman–Crippen MR) is 76.9 cm³/mol. The molecule has 3 unspecified atom stereocenters. The zero-order valence-electron chi connectivity index (χ0n) is 12.1. The van der Waals surface area contributed by atoms with E-state index in [0.717, 1.165) is 18.4 Å². The Balaban J connectivity index is 1.97. The Morgan fingerprint density at radius 1 is 1.32 bits per heavy atom. The molecule has 3 heteroatoms. The van der Waals surface area contributed by atoms with E-state index >= 15 is 0 Å². The van der Waals surface area contributed by atoms with Gasteiger partial charge in [0.1, 0.15) is 0 Å². The monoisotopic (exact) mass is 263 g/mol. The number of hydrogen-bond donors (Lipinski definition) is 2. The second kappa shape index (κ2) is 6.51. The highest BCUT2D eigenvalue weighted by molar-refractivity contribution is 5.25. The molecule has 0 amide bonds. The summed E-state index contributed by atoms with van der Waals surface area (Å²) in [6, 6.07) is 8.95. The summed E-state index contributed by atoms with van der Waals surface area (Å²) < 4.78 is 5.77. The van der Waals surface area contributed by atoms with Crippen molar-refractivity contribution in [2.75, 3.05) is 0 Å². The molecule has 2 rings (SSSR count). The lowest BCUT2D eigenvalue weighted by atomic mass is 9.97. The van der Waals surface area contributed by atoms with Crippen LogP contribution in [0.4, 0.5) is 0 Å². The zero-order chi connectivity index (χ0) is 13.8. The minimum absolute atomic E-state index is 0.103. The molecule has 2 N–H and O–H groups in total. The Hall–Kier alpha value is -0.900. The molecule has 3 nitrogen and oxygen atoms in total. The third kappa shape index (κ3) is 4.03. The average Bonchev–Trinajstić information content (AvgIpc) is 2.37. The van der Waals surface area contributed by atoms with Gasteiger partial charge in [-0.1, -0.05) is 24.3 Å². The molecular formula is C16H25NO2. The quantitative estimate of drug-likeness (QED) is 0.877. The first kappa shape index (κ1) is 14.5. The van der Waals surface area contributed by atoms with Gasteiger partial charge in [-0.2, -0.15) is 0 Å². The van der Waals surface area contributed by atoms with Crippen LogP contribution in [0.3, 0.4) is 0 Å². The zero-order valence-corrected chi connectivity index (χ0v) is 12.1. The molecule has 0 bridgehead atoms. The smallest absolute Gasteiger partial charge is 0.0681 e. The van der Waals surface area contributed by atoms with E-state index in [0.29, 0.717) is 24.3 Å². The van der Waals surface area contributed by atoms with Gasteiger partial charge >= 0.3 is 0 Å². The normalized spacial score (nSPS) is 29.2. The van der Waals surface area contributed by atoms with Gasteiger partial charge < -0.3 is 15.2 Å². The number of hydrogen-bond acceptors (Lipinski definition) is 3. The van der Waals surface area contributed by atoms with E-state index < -0.39 is 0 Å². The Morgan fingerprint density at radius 2 is 2.00 bits per heavy atom. The number of ether oxygens (including phenoxy) is 1. The Kier molecular flexibility index (Phi) is 4.97. The second-order valence-corrected chi connectivity index (χ2v) is 5.72. The Bertz CT molecular complexity index is 397. The van der Waals surface area contributed by atoms with Crippen LogP contribution in [0, 0.1) is 0 Å². The van der Waals surface area contributed by atoms with E-state index in [1.54, 1.807) is 0 Å². The average molecular weight is 263 g/mol. The first-order chi connectivity index (χ1) is 9.08. The lowest BCUT2D eigenvalue weighted by Crippen LogP contribution is -2.42. The molecule has 0 aliphatic carbocycles. The summed E-state index contributed by atoms with van der Waals surface area (Å²) in [6.07, 6.45) is 2.79. The Labute approximate surface area is 116 Å². The van der Waals surface area contributed by atoms with Gasteiger partial charge in [0, 0.05) is 12.1 Å².